The zero-order valence-electron chi connectivity index (χ0n) is 12.8. The van der Waals surface area contributed by atoms with Gasteiger partial charge in [0.2, 0.25) is 0 Å². The van der Waals surface area contributed by atoms with Gasteiger partial charge in [-0.2, -0.15) is 0 Å². The first-order chi connectivity index (χ1) is 11.2. The largest absolute Gasteiger partial charge is 0.290 e. The van der Waals surface area contributed by atoms with E-state index >= 15 is 0 Å². The second-order valence-corrected chi connectivity index (χ2v) is 6.13. The Morgan fingerprint density at radius 2 is 1.26 bits per heavy atom. The molecule has 4 aliphatic carbocycles. The highest BCUT2D eigenvalue weighted by Crippen LogP contribution is 2.40. The van der Waals surface area contributed by atoms with Gasteiger partial charge in [-0.3, -0.25) is 9.59 Å². The van der Waals surface area contributed by atoms with E-state index in [1.165, 1.54) is 0 Å². The third-order valence-corrected chi connectivity index (χ3v) is 4.83. The zero-order chi connectivity index (χ0) is 16.0. The summed E-state index contributed by atoms with van der Waals surface area (Å²) >= 11 is 0. The molecule has 3 heteroatoms. The van der Waals surface area contributed by atoms with E-state index in [-0.39, 0.29) is 11.6 Å². The Kier molecular flexibility index (Phi) is 3.30. The van der Waals surface area contributed by atoms with Gasteiger partial charge in [0.25, 0.3) is 0 Å². The molecular weight excluding hydrogens is 283 g/mol. The second kappa shape index (κ2) is 5.34. The minimum atomic E-state index is -0.0534. The molecule has 4 aliphatic rings. The fourth-order valence-corrected chi connectivity index (χ4v) is 3.66. The predicted molar refractivity (Wildman–Crippen MR) is 90.8 cm³/mol. The molecule has 0 heterocycles. The van der Waals surface area contributed by atoms with Crippen molar-refractivity contribution in [2.24, 2.45) is 0 Å². The Bertz CT molecular complexity index is 854. The van der Waals surface area contributed by atoms with Crippen LogP contribution < -0.4 is 0 Å². The van der Waals surface area contributed by atoms with Crippen molar-refractivity contribution >= 4 is 19.4 Å². The number of Topliss-reactive ketones (excluding diaryl/α,β-unsaturated/α-hetero) is 1. The molecule has 0 spiro atoms. The van der Waals surface area contributed by atoms with Crippen molar-refractivity contribution in [3.05, 3.63) is 81.4 Å². The molecule has 0 aliphatic heterocycles. The maximum Gasteiger partial charge on any atom is 0.182 e. The normalized spacial score (nSPS) is 26.5. The maximum absolute atomic E-state index is 12.3. The number of allylic oxidation sites excluding steroid dienone is 14. The molecule has 23 heavy (non-hydrogen) atoms. The molecule has 110 valence electrons. The average molecular weight is 298 g/mol. The summed E-state index contributed by atoms with van der Waals surface area (Å²) in [5.74, 6) is 0.0394. The summed E-state index contributed by atoms with van der Waals surface area (Å²) in [7, 11) is 5.98. The van der Waals surface area contributed by atoms with Gasteiger partial charge in [-0.1, -0.05) is 36.5 Å². The predicted octanol–water partition coefficient (Wildman–Crippen LogP) is 3.35. The molecule has 2 nitrogen and oxygen atoms in total. The average Bonchev–Trinajstić information content (AvgIpc) is 2.59. The summed E-state index contributed by atoms with van der Waals surface area (Å²) < 4.78 is 0. The first kappa shape index (κ1) is 14.2. The lowest BCUT2D eigenvalue weighted by Gasteiger charge is -2.27. The number of carbonyl (C=O) groups is 2. The Balaban J connectivity index is 1.94. The SMILES string of the molecule is [B]C1=C/C(=C2/C=CC(=O)C3=C2CC=CC3)C2=C(CC=CC2)C1=O. The monoisotopic (exact) mass is 298 g/mol. The van der Waals surface area contributed by atoms with E-state index in [9.17, 15) is 9.59 Å². The molecule has 0 atom stereocenters. The molecule has 0 amide bonds. The number of rotatable bonds is 0. The highest BCUT2D eigenvalue weighted by Gasteiger charge is 2.28. The molecule has 0 aromatic rings. The van der Waals surface area contributed by atoms with Gasteiger partial charge in [-0.25, -0.2) is 0 Å². The van der Waals surface area contributed by atoms with Crippen molar-refractivity contribution in [1.82, 2.24) is 0 Å². The highest BCUT2D eigenvalue weighted by molar-refractivity contribution is 6.41. The van der Waals surface area contributed by atoms with E-state index in [2.05, 4.69) is 12.2 Å². The first-order valence-electron chi connectivity index (χ1n) is 7.90. The summed E-state index contributed by atoms with van der Waals surface area (Å²) in [4.78, 5) is 24.5. The Labute approximate surface area is 136 Å². The molecule has 0 aromatic carbocycles. The van der Waals surface area contributed by atoms with Crippen LogP contribution in [0.2, 0.25) is 0 Å². The van der Waals surface area contributed by atoms with Crippen LogP contribution in [0.4, 0.5) is 0 Å². The fraction of sp³-hybridized carbons (Fsp3) is 0.200. The van der Waals surface area contributed by atoms with Crippen molar-refractivity contribution in [2.45, 2.75) is 25.7 Å². The molecule has 2 radical (unpaired) electrons. The maximum atomic E-state index is 12.3. The van der Waals surface area contributed by atoms with Crippen LogP contribution in [0.3, 0.4) is 0 Å². The topological polar surface area (TPSA) is 34.1 Å². The molecule has 0 saturated heterocycles. The number of carbonyl (C=O) groups excluding carboxylic acids is 2. The van der Waals surface area contributed by atoms with E-state index in [0.717, 1.165) is 46.3 Å². The van der Waals surface area contributed by atoms with Crippen LogP contribution in [0, 0.1) is 0 Å². The van der Waals surface area contributed by atoms with Gasteiger partial charge in [-0.15, -0.1) is 0 Å². The lowest BCUT2D eigenvalue weighted by atomic mass is 9.72. The van der Waals surface area contributed by atoms with Crippen molar-refractivity contribution in [1.29, 1.82) is 0 Å². The first-order valence-corrected chi connectivity index (χ1v) is 7.90. The molecule has 0 N–H and O–H groups in total. The van der Waals surface area contributed by atoms with E-state index in [4.69, 9.17) is 7.85 Å². The van der Waals surface area contributed by atoms with Crippen molar-refractivity contribution in [3.63, 3.8) is 0 Å². The molecule has 0 unspecified atom stereocenters. The Hall–Kier alpha value is -2.42. The minimum absolute atomic E-state index is 0.0534. The number of ketones is 2. The summed E-state index contributed by atoms with van der Waals surface area (Å²) in [6.45, 7) is 0. The van der Waals surface area contributed by atoms with E-state index < -0.39 is 0 Å². The summed E-state index contributed by atoms with van der Waals surface area (Å²) in [6, 6.07) is 0. The van der Waals surface area contributed by atoms with Crippen LogP contribution >= 0.6 is 0 Å². The van der Waals surface area contributed by atoms with E-state index in [1.54, 1.807) is 12.2 Å². The zero-order valence-corrected chi connectivity index (χ0v) is 12.8. The summed E-state index contributed by atoms with van der Waals surface area (Å²) in [5.41, 5.74) is 6.15. The van der Waals surface area contributed by atoms with Gasteiger partial charge in [-0.05, 0) is 59.5 Å². The van der Waals surface area contributed by atoms with Crippen LogP contribution in [0.1, 0.15) is 25.7 Å². The highest BCUT2D eigenvalue weighted by atomic mass is 16.1. The van der Waals surface area contributed by atoms with Crippen LogP contribution in [-0.2, 0) is 9.59 Å². The van der Waals surface area contributed by atoms with Crippen LogP contribution in [0.15, 0.2) is 81.4 Å². The lowest BCUT2D eigenvalue weighted by molar-refractivity contribution is -0.112. The molecule has 4 rings (SSSR count). The van der Waals surface area contributed by atoms with Crippen molar-refractivity contribution in [2.75, 3.05) is 0 Å². The molecule has 0 bridgehead atoms. The molecule has 0 aromatic heterocycles. The number of hydrogen-bond donors (Lipinski definition) is 0. The van der Waals surface area contributed by atoms with Gasteiger partial charge >= 0.3 is 0 Å². The van der Waals surface area contributed by atoms with Crippen LogP contribution in [0.25, 0.3) is 0 Å². The van der Waals surface area contributed by atoms with Gasteiger partial charge in [0.05, 0.1) is 0 Å². The molecule has 0 fully saturated rings. The van der Waals surface area contributed by atoms with Gasteiger partial charge in [0.15, 0.2) is 11.6 Å². The third kappa shape index (κ3) is 2.19. The van der Waals surface area contributed by atoms with Crippen LogP contribution in [0.5, 0.6) is 0 Å². The molecule has 0 saturated carbocycles. The Morgan fingerprint density at radius 1 is 0.696 bits per heavy atom. The van der Waals surface area contributed by atoms with Crippen molar-refractivity contribution < 1.29 is 9.59 Å². The van der Waals surface area contributed by atoms with Crippen molar-refractivity contribution in [3.8, 4) is 0 Å². The van der Waals surface area contributed by atoms with E-state index in [1.807, 2.05) is 18.2 Å². The third-order valence-electron chi connectivity index (χ3n) is 4.83. The summed E-state index contributed by atoms with van der Waals surface area (Å²) in [5, 5.41) is 0. The van der Waals surface area contributed by atoms with Gasteiger partial charge < -0.3 is 0 Å². The van der Waals surface area contributed by atoms with Crippen LogP contribution in [-0.4, -0.2) is 19.4 Å². The number of hydrogen-bond acceptors (Lipinski definition) is 2. The summed E-state index contributed by atoms with van der Waals surface area (Å²) in [6.07, 6.45) is 16.4. The van der Waals surface area contributed by atoms with Gasteiger partial charge in [0, 0.05) is 11.1 Å². The standard InChI is InChI=1S/C20H15BO2/c21-18-11-17(13-6-2-4-8-16(13)20(18)23)14-9-10-19(22)15-7-3-1-5-12(14)15/h1-4,9-11H,5-8H2/b17-14+. The lowest BCUT2D eigenvalue weighted by Crippen LogP contribution is -2.19. The smallest absolute Gasteiger partial charge is 0.182 e. The van der Waals surface area contributed by atoms with E-state index in [0.29, 0.717) is 18.3 Å². The fourth-order valence-electron chi connectivity index (χ4n) is 3.66. The minimum Gasteiger partial charge on any atom is -0.290 e. The van der Waals surface area contributed by atoms with Gasteiger partial charge in [0.1, 0.15) is 7.85 Å². The second-order valence-electron chi connectivity index (χ2n) is 6.13. The molecular formula is C20H15BO2. The Morgan fingerprint density at radius 3 is 1.96 bits per heavy atom. The quantitative estimate of drug-likeness (QED) is 0.507.